The first-order chi connectivity index (χ1) is 10.0. The Bertz CT molecular complexity index is 593. The lowest BCUT2D eigenvalue weighted by atomic mass is 10.1. The quantitative estimate of drug-likeness (QED) is 0.845. The number of hydrogen-bond acceptors (Lipinski definition) is 2. The fourth-order valence-electron chi connectivity index (χ4n) is 2.32. The van der Waals surface area contributed by atoms with E-state index >= 15 is 0 Å². The molecule has 2 nitrogen and oxygen atoms in total. The van der Waals surface area contributed by atoms with E-state index in [4.69, 9.17) is 0 Å². The van der Waals surface area contributed by atoms with Gasteiger partial charge in [-0.2, -0.15) is 0 Å². The Labute approximate surface area is 136 Å². The summed E-state index contributed by atoms with van der Waals surface area (Å²) in [5.74, 6) is 0. The van der Waals surface area contributed by atoms with Crippen LogP contribution < -0.4 is 10.2 Å². The molecule has 2 rings (SSSR count). The molecule has 0 aliphatic heterocycles. The Balaban J connectivity index is 2.14. The summed E-state index contributed by atoms with van der Waals surface area (Å²) in [6.07, 6.45) is 0. The molecule has 0 aliphatic rings. The van der Waals surface area contributed by atoms with Gasteiger partial charge in [0.25, 0.3) is 0 Å². The summed E-state index contributed by atoms with van der Waals surface area (Å²) in [5.41, 5.74) is 5.13. The third kappa shape index (κ3) is 4.08. The van der Waals surface area contributed by atoms with Gasteiger partial charge in [-0.25, -0.2) is 0 Å². The fourth-order valence-corrected chi connectivity index (χ4v) is 3.03. The number of anilines is 1. The summed E-state index contributed by atoms with van der Waals surface area (Å²) in [7, 11) is 4.11. The van der Waals surface area contributed by atoms with E-state index in [0.29, 0.717) is 6.04 Å². The molecule has 1 unspecified atom stereocenters. The minimum absolute atomic E-state index is 0.343. The largest absolute Gasteiger partial charge is 0.370 e. The minimum Gasteiger partial charge on any atom is -0.370 e. The van der Waals surface area contributed by atoms with Crippen molar-refractivity contribution in [3.63, 3.8) is 0 Å². The molecule has 0 aliphatic carbocycles. The van der Waals surface area contributed by atoms with Crippen molar-refractivity contribution in [1.82, 2.24) is 5.32 Å². The molecular formula is C18H23BrN2. The molecule has 0 spiro atoms. The molecule has 1 atom stereocenters. The van der Waals surface area contributed by atoms with Crippen LogP contribution in [-0.2, 0) is 6.54 Å². The molecule has 0 saturated carbocycles. The maximum atomic E-state index is 3.69. The fraction of sp³-hybridized carbons (Fsp3) is 0.333. The van der Waals surface area contributed by atoms with Crippen molar-refractivity contribution >= 4 is 21.6 Å². The lowest BCUT2D eigenvalue weighted by Crippen LogP contribution is -2.17. The van der Waals surface area contributed by atoms with Gasteiger partial charge in [0.1, 0.15) is 0 Å². The van der Waals surface area contributed by atoms with Crippen molar-refractivity contribution in [3.05, 3.63) is 63.6 Å². The van der Waals surface area contributed by atoms with E-state index in [9.17, 15) is 0 Å². The smallest absolute Gasteiger partial charge is 0.0426 e. The van der Waals surface area contributed by atoms with Gasteiger partial charge in [-0.15, -0.1) is 0 Å². The summed E-state index contributed by atoms with van der Waals surface area (Å²) in [5, 5.41) is 3.27. The van der Waals surface area contributed by atoms with E-state index in [2.05, 4.69) is 89.5 Å². The molecule has 2 aromatic rings. The molecule has 0 amide bonds. The van der Waals surface area contributed by atoms with Gasteiger partial charge in [-0.3, -0.25) is 0 Å². The summed E-state index contributed by atoms with van der Waals surface area (Å²) < 4.78 is 1.15. The lowest BCUT2D eigenvalue weighted by molar-refractivity contribution is 0.649. The average Bonchev–Trinajstić information content (AvgIpc) is 2.48. The Morgan fingerprint density at radius 2 is 1.81 bits per heavy atom. The van der Waals surface area contributed by atoms with Gasteiger partial charge in [0.15, 0.2) is 0 Å². The predicted octanol–water partition coefficient (Wildman–Crippen LogP) is 4.67. The van der Waals surface area contributed by atoms with Crippen LogP contribution in [-0.4, -0.2) is 14.1 Å². The molecule has 0 bridgehead atoms. The van der Waals surface area contributed by atoms with Gasteiger partial charge >= 0.3 is 0 Å². The molecule has 0 radical (unpaired) electrons. The first-order valence-electron chi connectivity index (χ1n) is 7.24. The van der Waals surface area contributed by atoms with Crippen molar-refractivity contribution in [2.45, 2.75) is 26.4 Å². The third-order valence-electron chi connectivity index (χ3n) is 3.86. The molecule has 0 aromatic heterocycles. The standard InChI is InChI=1S/C18H23BrN2/c1-13-5-7-15(8-6-13)12-21(4)16-9-10-17(14(2)20-3)18(19)11-16/h5-11,14,20H,12H2,1-4H3. The number of nitrogens with one attached hydrogen (secondary N) is 1. The first-order valence-corrected chi connectivity index (χ1v) is 8.04. The summed E-state index contributed by atoms with van der Waals surface area (Å²) >= 11 is 3.69. The van der Waals surface area contributed by atoms with Gasteiger partial charge in [0.05, 0.1) is 0 Å². The van der Waals surface area contributed by atoms with Crippen LogP contribution in [0.3, 0.4) is 0 Å². The normalized spacial score (nSPS) is 12.2. The van der Waals surface area contributed by atoms with E-state index in [-0.39, 0.29) is 0 Å². The van der Waals surface area contributed by atoms with Crippen molar-refractivity contribution < 1.29 is 0 Å². The molecule has 1 N–H and O–H groups in total. The van der Waals surface area contributed by atoms with Crippen LogP contribution in [0.15, 0.2) is 46.9 Å². The van der Waals surface area contributed by atoms with Gasteiger partial charge in [-0.1, -0.05) is 51.8 Å². The summed E-state index contributed by atoms with van der Waals surface area (Å²) in [6.45, 7) is 5.19. The van der Waals surface area contributed by atoms with Gasteiger partial charge in [0.2, 0.25) is 0 Å². The highest BCUT2D eigenvalue weighted by Gasteiger charge is 2.10. The minimum atomic E-state index is 0.343. The second-order valence-corrected chi connectivity index (χ2v) is 6.41. The Hall–Kier alpha value is -1.32. The highest BCUT2D eigenvalue weighted by atomic mass is 79.9. The van der Waals surface area contributed by atoms with Crippen LogP contribution in [0.2, 0.25) is 0 Å². The van der Waals surface area contributed by atoms with Gasteiger partial charge in [-0.05, 0) is 44.2 Å². The van der Waals surface area contributed by atoms with Crippen molar-refractivity contribution in [2.75, 3.05) is 19.0 Å². The van der Waals surface area contributed by atoms with Crippen LogP contribution >= 0.6 is 15.9 Å². The van der Waals surface area contributed by atoms with E-state index in [1.807, 2.05) is 7.05 Å². The summed E-state index contributed by atoms with van der Waals surface area (Å²) in [6, 6.07) is 15.6. The summed E-state index contributed by atoms with van der Waals surface area (Å²) in [4.78, 5) is 2.27. The zero-order valence-electron chi connectivity index (χ0n) is 13.2. The van der Waals surface area contributed by atoms with Crippen LogP contribution in [0, 0.1) is 6.92 Å². The highest BCUT2D eigenvalue weighted by Crippen LogP contribution is 2.28. The van der Waals surface area contributed by atoms with E-state index in [0.717, 1.165) is 11.0 Å². The number of hydrogen-bond donors (Lipinski definition) is 1. The van der Waals surface area contributed by atoms with Crippen LogP contribution in [0.5, 0.6) is 0 Å². The zero-order chi connectivity index (χ0) is 15.4. The second-order valence-electron chi connectivity index (χ2n) is 5.56. The van der Waals surface area contributed by atoms with Crippen molar-refractivity contribution in [2.24, 2.45) is 0 Å². The van der Waals surface area contributed by atoms with Gasteiger partial charge in [0, 0.05) is 29.8 Å². The number of halogens is 1. The SMILES string of the molecule is CNC(C)c1ccc(N(C)Cc2ccc(C)cc2)cc1Br. The number of benzene rings is 2. The maximum absolute atomic E-state index is 3.69. The zero-order valence-corrected chi connectivity index (χ0v) is 14.7. The van der Waals surface area contributed by atoms with Crippen LogP contribution in [0.4, 0.5) is 5.69 Å². The molecule has 21 heavy (non-hydrogen) atoms. The first kappa shape index (κ1) is 16.1. The molecule has 0 heterocycles. The Kier molecular flexibility index (Phi) is 5.43. The van der Waals surface area contributed by atoms with Crippen LogP contribution in [0.1, 0.15) is 29.7 Å². The van der Waals surface area contributed by atoms with E-state index < -0.39 is 0 Å². The number of rotatable bonds is 5. The third-order valence-corrected chi connectivity index (χ3v) is 4.55. The van der Waals surface area contributed by atoms with Crippen molar-refractivity contribution in [3.8, 4) is 0 Å². The molecule has 112 valence electrons. The highest BCUT2D eigenvalue weighted by molar-refractivity contribution is 9.10. The van der Waals surface area contributed by atoms with E-state index in [1.165, 1.54) is 22.4 Å². The number of aryl methyl sites for hydroxylation is 1. The van der Waals surface area contributed by atoms with E-state index in [1.54, 1.807) is 0 Å². The van der Waals surface area contributed by atoms with Crippen LogP contribution in [0.25, 0.3) is 0 Å². The van der Waals surface area contributed by atoms with Crippen molar-refractivity contribution in [1.29, 1.82) is 0 Å². The predicted molar refractivity (Wildman–Crippen MR) is 94.9 cm³/mol. The molecule has 0 fully saturated rings. The molecule has 3 heteroatoms. The maximum Gasteiger partial charge on any atom is 0.0426 e. The average molecular weight is 347 g/mol. The molecular weight excluding hydrogens is 324 g/mol. The topological polar surface area (TPSA) is 15.3 Å². The number of nitrogens with zero attached hydrogens (tertiary/aromatic N) is 1. The lowest BCUT2D eigenvalue weighted by Gasteiger charge is -2.22. The Morgan fingerprint density at radius 1 is 1.14 bits per heavy atom. The Morgan fingerprint density at radius 3 is 2.38 bits per heavy atom. The van der Waals surface area contributed by atoms with Gasteiger partial charge < -0.3 is 10.2 Å². The monoisotopic (exact) mass is 346 g/mol. The molecule has 0 saturated heterocycles. The molecule has 2 aromatic carbocycles. The second kappa shape index (κ2) is 7.10.